The summed E-state index contributed by atoms with van der Waals surface area (Å²) < 4.78 is 0. The van der Waals surface area contributed by atoms with Crippen LogP contribution < -0.4 is 5.73 Å². The van der Waals surface area contributed by atoms with Crippen LogP contribution in [0, 0.1) is 5.92 Å². The fourth-order valence-electron chi connectivity index (χ4n) is 0.888. The van der Waals surface area contributed by atoms with Crippen molar-refractivity contribution in [3.63, 3.8) is 0 Å². The molecule has 62 valence electrons. The van der Waals surface area contributed by atoms with Crippen molar-refractivity contribution in [2.75, 3.05) is 0 Å². The first-order valence-corrected chi connectivity index (χ1v) is 4.92. The SMILES string of the molecule is CC(C)[C@H](N)c1cscc1Cl. The number of hydrogen-bond acceptors (Lipinski definition) is 2. The van der Waals surface area contributed by atoms with E-state index >= 15 is 0 Å². The van der Waals surface area contributed by atoms with Gasteiger partial charge in [-0.1, -0.05) is 25.4 Å². The van der Waals surface area contributed by atoms with Crippen LogP contribution in [-0.4, -0.2) is 0 Å². The third-order valence-corrected chi connectivity index (χ3v) is 2.94. The summed E-state index contributed by atoms with van der Waals surface area (Å²) in [5.74, 6) is 0.446. The zero-order valence-electron chi connectivity index (χ0n) is 6.67. The van der Waals surface area contributed by atoms with Gasteiger partial charge in [0, 0.05) is 11.4 Å². The van der Waals surface area contributed by atoms with Crippen LogP contribution >= 0.6 is 22.9 Å². The number of rotatable bonds is 2. The van der Waals surface area contributed by atoms with Crippen LogP contribution in [0.25, 0.3) is 0 Å². The molecule has 0 saturated carbocycles. The van der Waals surface area contributed by atoms with Gasteiger partial charge >= 0.3 is 0 Å². The normalized spacial score (nSPS) is 13.9. The minimum absolute atomic E-state index is 0.0775. The first kappa shape index (κ1) is 9.04. The van der Waals surface area contributed by atoms with Crippen LogP contribution in [0.2, 0.25) is 5.02 Å². The number of halogens is 1. The molecule has 0 spiro atoms. The predicted octanol–water partition coefficient (Wildman–Crippen LogP) is 3.06. The Morgan fingerprint density at radius 2 is 2.09 bits per heavy atom. The summed E-state index contributed by atoms with van der Waals surface area (Å²) in [4.78, 5) is 0. The lowest BCUT2D eigenvalue weighted by atomic mass is 10.00. The highest BCUT2D eigenvalue weighted by molar-refractivity contribution is 7.08. The molecule has 0 aliphatic heterocycles. The molecule has 1 nitrogen and oxygen atoms in total. The summed E-state index contributed by atoms with van der Waals surface area (Å²) >= 11 is 7.51. The minimum Gasteiger partial charge on any atom is -0.324 e. The maximum Gasteiger partial charge on any atom is 0.0560 e. The highest BCUT2D eigenvalue weighted by Gasteiger charge is 2.13. The van der Waals surface area contributed by atoms with Gasteiger partial charge in [0.2, 0.25) is 0 Å². The monoisotopic (exact) mass is 189 g/mol. The molecule has 0 saturated heterocycles. The zero-order chi connectivity index (χ0) is 8.43. The summed E-state index contributed by atoms with van der Waals surface area (Å²) in [7, 11) is 0. The van der Waals surface area contributed by atoms with Crippen molar-refractivity contribution in [3.05, 3.63) is 21.3 Å². The molecular formula is C8H12ClNS. The molecule has 0 aliphatic rings. The van der Waals surface area contributed by atoms with Crippen molar-refractivity contribution >= 4 is 22.9 Å². The minimum atomic E-state index is 0.0775. The molecule has 1 rings (SSSR count). The number of thiophene rings is 1. The van der Waals surface area contributed by atoms with Gasteiger partial charge in [0.1, 0.15) is 0 Å². The van der Waals surface area contributed by atoms with Gasteiger partial charge in [0.15, 0.2) is 0 Å². The highest BCUT2D eigenvalue weighted by Crippen LogP contribution is 2.29. The summed E-state index contributed by atoms with van der Waals surface area (Å²) in [6.45, 7) is 4.19. The van der Waals surface area contributed by atoms with Crippen LogP contribution in [0.15, 0.2) is 10.8 Å². The molecule has 11 heavy (non-hydrogen) atoms. The maximum absolute atomic E-state index is 5.91. The molecule has 1 atom stereocenters. The Morgan fingerprint density at radius 1 is 1.45 bits per heavy atom. The van der Waals surface area contributed by atoms with Crippen molar-refractivity contribution in [1.82, 2.24) is 0 Å². The van der Waals surface area contributed by atoms with E-state index in [0.717, 1.165) is 10.6 Å². The van der Waals surface area contributed by atoms with Gasteiger partial charge < -0.3 is 5.73 Å². The molecule has 0 bridgehead atoms. The molecule has 1 aromatic rings. The van der Waals surface area contributed by atoms with E-state index in [1.54, 1.807) is 11.3 Å². The van der Waals surface area contributed by atoms with E-state index in [4.69, 9.17) is 17.3 Å². The van der Waals surface area contributed by atoms with E-state index in [2.05, 4.69) is 13.8 Å². The fourth-order valence-corrected chi connectivity index (χ4v) is 2.04. The Hall–Kier alpha value is -0.0500. The number of hydrogen-bond donors (Lipinski definition) is 1. The number of nitrogens with two attached hydrogens (primary N) is 1. The molecule has 3 heteroatoms. The topological polar surface area (TPSA) is 26.0 Å². The Balaban J connectivity index is 2.84. The molecule has 0 unspecified atom stereocenters. The van der Waals surface area contributed by atoms with Crippen LogP contribution in [0.4, 0.5) is 0 Å². The smallest absolute Gasteiger partial charge is 0.0560 e. The molecule has 0 amide bonds. The van der Waals surface area contributed by atoms with E-state index in [9.17, 15) is 0 Å². The average Bonchev–Trinajstić information content (AvgIpc) is 2.33. The third-order valence-electron chi connectivity index (χ3n) is 1.72. The molecule has 0 aromatic carbocycles. The van der Waals surface area contributed by atoms with E-state index in [1.807, 2.05) is 10.8 Å². The third kappa shape index (κ3) is 1.95. The average molecular weight is 190 g/mol. The molecule has 1 aromatic heterocycles. The second-order valence-electron chi connectivity index (χ2n) is 2.94. The summed E-state index contributed by atoms with van der Waals surface area (Å²) in [6.07, 6.45) is 0. The summed E-state index contributed by atoms with van der Waals surface area (Å²) in [5, 5.41) is 4.74. The first-order valence-electron chi connectivity index (χ1n) is 3.60. The van der Waals surface area contributed by atoms with E-state index in [1.165, 1.54) is 0 Å². The van der Waals surface area contributed by atoms with Crippen molar-refractivity contribution in [2.45, 2.75) is 19.9 Å². The molecule has 1 heterocycles. The Bertz CT molecular complexity index is 232. The second-order valence-corrected chi connectivity index (χ2v) is 4.10. The van der Waals surface area contributed by atoms with Gasteiger partial charge in [-0.25, -0.2) is 0 Å². The summed E-state index contributed by atoms with van der Waals surface area (Å²) in [5.41, 5.74) is 6.98. The molecule has 0 aliphatic carbocycles. The largest absolute Gasteiger partial charge is 0.324 e. The molecular weight excluding hydrogens is 178 g/mol. The van der Waals surface area contributed by atoms with Crippen molar-refractivity contribution in [3.8, 4) is 0 Å². The fraction of sp³-hybridized carbons (Fsp3) is 0.500. The van der Waals surface area contributed by atoms with Gasteiger partial charge in [-0.2, -0.15) is 11.3 Å². The Labute approximate surface area is 76.2 Å². The lowest BCUT2D eigenvalue weighted by molar-refractivity contribution is 0.515. The van der Waals surface area contributed by atoms with Crippen molar-refractivity contribution in [2.24, 2.45) is 11.7 Å². The second kappa shape index (κ2) is 3.57. The van der Waals surface area contributed by atoms with Gasteiger partial charge in [0.05, 0.1) is 5.02 Å². The van der Waals surface area contributed by atoms with E-state index in [-0.39, 0.29) is 6.04 Å². The van der Waals surface area contributed by atoms with Gasteiger partial charge in [-0.15, -0.1) is 0 Å². The van der Waals surface area contributed by atoms with Gasteiger partial charge in [-0.05, 0) is 16.9 Å². The van der Waals surface area contributed by atoms with Crippen LogP contribution in [0.1, 0.15) is 25.5 Å². The Morgan fingerprint density at radius 3 is 2.45 bits per heavy atom. The maximum atomic E-state index is 5.91. The zero-order valence-corrected chi connectivity index (χ0v) is 8.25. The predicted molar refractivity (Wildman–Crippen MR) is 51.1 cm³/mol. The quantitative estimate of drug-likeness (QED) is 0.761. The highest BCUT2D eigenvalue weighted by atomic mass is 35.5. The lowest BCUT2D eigenvalue weighted by Gasteiger charge is -2.14. The van der Waals surface area contributed by atoms with E-state index in [0.29, 0.717) is 5.92 Å². The summed E-state index contributed by atoms with van der Waals surface area (Å²) in [6, 6.07) is 0.0775. The Kier molecular flexibility index (Phi) is 2.93. The van der Waals surface area contributed by atoms with E-state index < -0.39 is 0 Å². The van der Waals surface area contributed by atoms with Crippen molar-refractivity contribution < 1.29 is 0 Å². The van der Waals surface area contributed by atoms with Crippen molar-refractivity contribution in [1.29, 1.82) is 0 Å². The van der Waals surface area contributed by atoms with Gasteiger partial charge in [-0.3, -0.25) is 0 Å². The molecule has 0 radical (unpaired) electrons. The standard InChI is InChI=1S/C8H12ClNS/c1-5(2)8(10)6-3-11-4-7(6)9/h3-5,8H,10H2,1-2H3/t8-/m0/s1. The molecule has 0 fully saturated rings. The van der Waals surface area contributed by atoms with Crippen LogP contribution in [0.5, 0.6) is 0 Å². The lowest BCUT2D eigenvalue weighted by Crippen LogP contribution is -2.16. The van der Waals surface area contributed by atoms with Crippen LogP contribution in [0.3, 0.4) is 0 Å². The van der Waals surface area contributed by atoms with Gasteiger partial charge in [0.25, 0.3) is 0 Å². The first-order chi connectivity index (χ1) is 5.13. The van der Waals surface area contributed by atoms with Crippen LogP contribution in [-0.2, 0) is 0 Å². The molecule has 2 N–H and O–H groups in total.